The van der Waals surface area contributed by atoms with Gasteiger partial charge in [0.1, 0.15) is 24.7 Å². The minimum absolute atomic E-state index is 0.131. The highest BCUT2D eigenvalue weighted by Gasteiger charge is 2.14. The van der Waals surface area contributed by atoms with Crippen LogP contribution in [0.4, 0.5) is 0 Å². The zero-order valence-electron chi connectivity index (χ0n) is 22.9. The van der Waals surface area contributed by atoms with Crippen LogP contribution in [0.15, 0.2) is 96.0 Å². The van der Waals surface area contributed by atoms with Crippen molar-refractivity contribution < 1.29 is 24.5 Å². The Morgan fingerprint density at radius 2 is 1.76 bits per heavy atom. The fourth-order valence-electron chi connectivity index (χ4n) is 4.33. The molecular formula is C34H32N2O5. The molecule has 0 aliphatic heterocycles. The minimum Gasteiger partial charge on any atom is -0.489 e. The summed E-state index contributed by atoms with van der Waals surface area (Å²) in [6.45, 7) is 2.55. The molecule has 0 unspecified atom stereocenters. The number of benzene rings is 4. The van der Waals surface area contributed by atoms with Crippen LogP contribution in [0.5, 0.6) is 11.5 Å². The number of hydrogen-bond acceptors (Lipinski definition) is 6. The van der Waals surface area contributed by atoms with Crippen LogP contribution < -0.4 is 9.47 Å². The molecule has 4 aromatic rings. The number of rotatable bonds is 13. The second-order valence-corrected chi connectivity index (χ2v) is 9.59. The van der Waals surface area contributed by atoms with Crippen LogP contribution in [0, 0.1) is 24.2 Å². The van der Waals surface area contributed by atoms with Crippen LogP contribution in [-0.4, -0.2) is 29.0 Å². The molecular weight excluding hydrogens is 516 g/mol. The Bertz CT molecular complexity index is 1540. The third-order valence-corrected chi connectivity index (χ3v) is 6.76. The highest BCUT2D eigenvalue weighted by atomic mass is 16.5. The van der Waals surface area contributed by atoms with Crippen molar-refractivity contribution in [1.82, 2.24) is 0 Å². The van der Waals surface area contributed by atoms with E-state index in [1.54, 1.807) is 12.1 Å². The van der Waals surface area contributed by atoms with Crippen molar-refractivity contribution in [3.8, 4) is 28.7 Å². The first kappa shape index (κ1) is 29.1. The van der Waals surface area contributed by atoms with E-state index in [4.69, 9.17) is 14.6 Å². The highest BCUT2D eigenvalue weighted by Crippen LogP contribution is 2.29. The zero-order chi connectivity index (χ0) is 29.0. The van der Waals surface area contributed by atoms with Gasteiger partial charge in [0, 0.05) is 17.8 Å². The fourth-order valence-corrected chi connectivity index (χ4v) is 4.33. The molecule has 0 saturated heterocycles. The van der Waals surface area contributed by atoms with Gasteiger partial charge < -0.3 is 19.7 Å². The molecule has 0 saturated carbocycles. The average Bonchev–Trinajstić information content (AvgIpc) is 3.00. The number of aliphatic hydroxyl groups is 1. The number of carbonyl (C=O) groups is 1. The molecule has 0 amide bonds. The Kier molecular flexibility index (Phi) is 10.2. The molecule has 4 rings (SSSR count). The fraction of sp³-hybridized carbons (Fsp3) is 0.206. The van der Waals surface area contributed by atoms with E-state index in [2.05, 4.69) is 42.3 Å². The predicted molar refractivity (Wildman–Crippen MR) is 158 cm³/mol. The molecule has 0 bridgehead atoms. The normalized spacial score (nSPS) is 11.6. The third kappa shape index (κ3) is 8.04. The minimum atomic E-state index is -1.06. The summed E-state index contributed by atoms with van der Waals surface area (Å²) in [5, 5.41) is 27.6. The number of carboxylic acid groups (broad SMARTS) is 1. The van der Waals surface area contributed by atoms with Crippen LogP contribution >= 0.6 is 0 Å². The van der Waals surface area contributed by atoms with Gasteiger partial charge >= 0.3 is 5.97 Å². The molecule has 0 aliphatic rings. The molecule has 4 aromatic carbocycles. The lowest BCUT2D eigenvalue weighted by molar-refractivity contribution is -0.142. The van der Waals surface area contributed by atoms with Crippen molar-refractivity contribution >= 4 is 12.2 Å². The van der Waals surface area contributed by atoms with Gasteiger partial charge in [0.25, 0.3) is 0 Å². The van der Waals surface area contributed by atoms with Crippen LogP contribution in [0.25, 0.3) is 11.1 Å². The van der Waals surface area contributed by atoms with Gasteiger partial charge in [0.05, 0.1) is 30.7 Å². The summed E-state index contributed by atoms with van der Waals surface area (Å²) < 4.78 is 12.3. The Morgan fingerprint density at radius 3 is 2.51 bits per heavy atom. The molecule has 7 heteroatoms. The maximum absolute atomic E-state index is 11.2. The topological polar surface area (TPSA) is 112 Å². The number of ether oxygens (including phenoxy) is 2. The van der Waals surface area contributed by atoms with Gasteiger partial charge in [-0.3, -0.25) is 9.79 Å². The maximum Gasteiger partial charge on any atom is 0.309 e. The number of carboxylic acids is 1. The highest BCUT2D eigenvalue weighted by molar-refractivity contribution is 5.74. The summed E-state index contributed by atoms with van der Waals surface area (Å²) in [6.07, 6.45) is 1.65. The van der Waals surface area contributed by atoms with Crippen molar-refractivity contribution in [1.29, 1.82) is 5.26 Å². The molecule has 0 heterocycles. The maximum atomic E-state index is 11.2. The number of hydrogen-bond donors (Lipinski definition) is 2. The molecule has 41 heavy (non-hydrogen) atoms. The lowest BCUT2D eigenvalue weighted by Crippen LogP contribution is -2.17. The van der Waals surface area contributed by atoms with E-state index in [0.717, 1.165) is 33.4 Å². The van der Waals surface area contributed by atoms with Gasteiger partial charge in [0.2, 0.25) is 0 Å². The summed E-state index contributed by atoms with van der Waals surface area (Å²) >= 11 is 0. The number of aliphatic carboxylic acids is 1. The molecule has 0 spiro atoms. The van der Waals surface area contributed by atoms with E-state index in [9.17, 15) is 15.2 Å². The first-order valence-electron chi connectivity index (χ1n) is 13.3. The first-order valence-corrected chi connectivity index (χ1v) is 13.3. The van der Waals surface area contributed by atoms with E-state index in [1.807, 2.05) is 54.6 Å². The predicted octanol–water partition coefficient (Wildman–Crippen LogP) is 6.35. The summed E-state index contributed by atoms with van der Waals surface area (Å²) in [6, 6.07) is 31.4. The van der Waals surface area contributed by atoms with Gasteiger partial charge in [-0.2, -0.15) is 5.26 Å². The van der Waals surface area contributed by atoms with E-state index in [-0.39, 0.29) is 19.6 Å². The van der Waals surface area contributed by atoms with E-state index < -0.39 is 18.5 Å². The van der Waals surface area contributed by atoms with E-state index in [0.29, 0.717) is 23.7 Å². The van der Waals surface area contributed by atoms with Gasteiger partial charge in [0.15, 0.2) is 0 Å². The monoisotopic (exact) mass is 548 g/mol. The third-order valence-electron chi connectivity index (χ3n) is 6.76. The molecule has 1 atom stereocenters. The van der Waals surface area contributed by atoms with Crippen LogP contribution in [0.3, 0.4) is 0 Å². The van der Waals surface area contributed by atoms with Crippen LogP contribution in [0.1, 0.15) is 34.2 Å². The Balaban J connectivity index is 1.51. The average molecular weight is 549 g/mol. The summed E-state index contributed by atoms with van der Waals surface area (Å²) in [5.74, 6) is -0.738. The molecule has 0 aliphatic carbocycles. The molecule has 0 aromatic heterocycles. The zero-order valence-corrected chi connectivity index (χ0v) is 22.9. The number of nitrogens with zero attached hydrogens (tertiary/aromatic N) is 2. The molecule has 7 nitrogen and oxygen atoms in total. The Hall–Kier alpha value is -4.93. The van der Waals surface area contributed by atoms with Crippen molar-refractivity contribution in [2.24, 2.45) is 10.9 Å². The first-order chi connectivity index (χ1) is 20.0. The quantitative estimate of drug-likeness (QED) is 0.188. The number of nitriles is 1. The van der Waals surface area contributed by atoms with Crippen LogP contribution in [-0.2, 0) is 24.6 Å². The van der Waals surface area contributed by atoms with Crippen molar-refractivity contribution in [2.75, 3.05) is 6.61 Å². The van der Waals surface area contributed by atoms with E-state index >= 15 is 0 Å². The summed E-state index contributed by atoms with van der Waals surface area (Å²) in [4.78, 5) is 15.5. The Labute approximate surface area is 240 Å². The SMILES string of the molecule is Cc1c(COc2ccc(CN=CC[C@@H](CO)C(=O)O)c(OCc3cccc(C#N)c3)c2)cccc1-c1ccccc1. The van der Waals surface area contributed by atoms with Gasteiger partial charge in [-0.25, -0.2) is 0 Å². The van der Waals surface area contributed by atoms with Gasteiger partial charge in [-0.05, 0) is 65.4 Å². The lowest BCUT2D eigenvalue weighted by Gasteiger charge is -2.15. The van der Waals surface area contributed by atoms with Crippen molar-refractivity contribution in [3.05, 3.63) is 119 Å². The van der Waals surface area contributed by atoms with Crippen molar-refractivity contribution in [3.63, 3.8) is 0 Å². The smallest absolute Gasteiger partial charge is 0.309 e. The number of aliphatic hydroxyl groups excluding tert-OH is 1. The Morgan fingerprint density at radius 1 is 0.951 bits per heavy atom. The molecule has 0 radical (unpaired) electrons. The molecule has 0 fully saturated rings. The standard InChI is InChI=1S/C34H32N2O5/c1-24-30(11-6-12-32(24)27-9-3-2-4-10-27)23-40-31-14-13-28(20-36-16-15-29(21-37)34(38)39)33(18-31)41-22-26-8-5-7-25(17-26)19-35/h2-14,16-18,29,37H,15,20-23H2,1H3,(H,38,39)/t29-/m0/s1. The second-order valence-electron chi connectivity index (χ2n) is 9.59. The van der Waals surface area contributed by atoms with Crippen LogP contribution in [0.2, 0.25) is 0 Å². The largest absolute Gasteiger partial charge is 0.489 e. The second kappa shape index (κ2) is 14.5. The van der Waals surface area contributed by atoms with Crippen molar-refractivity contribution in [2.45, 2.75) is 33.1 Å². The van der Waals surface area contributed by atoms with E-state index in [1.165, 1.54) is 6.21 Å². The molecule has 208 valence electrons. The molecule has 2 N–H and O–H groups in total. The summed E-state index contributed by atoms with van der Waals surface area (Å²) in [7, 11) is 0. The van der Waals surface area contributed by atoms with Gasteiger partial charge in [-0.15, -0.1) is 0 Å². The number of aliphatic imine (C=N–C) groups is 1. The lowest BCUT2D eigenvalue weighted by atomic mass is 9.97. The summed E-state index contributed by atoms with van der Waals surface area (Å²) in [5.41, 5.74) is 6.75. The van der Waals surface area contributed by atoms with Gasteiger partial charge in [-0.1, -0.05) is 60.7 Å².